The number of likely N-dealkylation sites (tertiary alicyclic amines) is 1. The van der Waals surface area contributed by atoms with Crippen LogP contribution in [0.1, 0.15) is 39.3 Å². The highest BCUT2D eigenvalue weighted by Gasteiger charge is 2.15. The Morgan fingerprint density at radius 2 is 1.94 bits per heavy atom. The number of hydrogen-bond acceptors (Lipinski definition) is 3. The lowest BCUT2D eigenvalue weighted by molar-refractivity contribution is 0.237. The van der Waals surface area contributed by atoms with Gasteiger partial charge in [0.2, 0.25) is 0 Å². The Hall–Kier alpha value is -1.09. The number of aromatic nitrogens is 1. The van der Waals surface area contributed by atoms with Crippen molar-refractivity contribution in [2.24, 2.45) is 0 Å². The molecule has 1 aromatic rings. The second-order valence-corrected chi connectivity index (χ2v) is 6.03. The predicted molar refractivity (Wildman–Crippen MR) is 74.1 cm³/mol. The van der Waals surface area contributed by atoms with Gasteiger partial charge in [-0.2, -0.15) is 0 Å². The molecule has 18 heavy (non-hydrogen) atoms. The molecule has 0 amide bonds. The van der Waals surface area contributed by atoms with Crippen LogP contribution in [-0.2, 0) is 5.41 Å². The summed E-state index contributed by atoms with van der Waals surface area (Å²) in [7, 11) is 0. The normalized spacial score (nSPS) is 17.1. The van der Waals surface area contributed by atoms with Crippen molar-refractivity contribution in [3.05, 3.63) is 24.0 Å². The van der Waals surface area contributed by atoms with Gasteiger partial charge in [0.05, 0.1) is 6.20 Å². The molecule has 0 aromatic carbocycles. The van der Waals surface area contributed by atoms with Crippen LogP contribution in [0.4, 0.5) is 0 Å². The van der Waals surface area contributed by atoms with Gasteiger partial charge in [0.1, 0.15) is 12.4 Å². The minimum Gasteiger partial charge on any atom is -0.491 e. The molecule has 0 bridgehead atoms. The van der Waals surface area contributed by atoms with Gasteiger partial charge in [-0.15, -0.1) is 0 Å². The minimum atomic E-state index is 0.105. The zero-order valence-electron chi connectivity index (χ0n) is 11.8. The number of hydrogen-bond donors (Lipinski definition) is 0. The number of pyridine rings is 1. The van der Waals surface area contributed by atoms with Crippen LogP contribution in [0.25, 0.3) is 0 Å². The first kappa shape index (κ1) is 13.3. The molecule has 2 rings (SSSR count). The highest BCUT2D eigenvalue weighted by molar-refractivity contribution is 5.23. The Labute approximate surface area is 110 Å². The maximum atomic E-state index is 5.73. The van der Waals surface area contributed by atoms with Gasteiger partial charge >= 0.3 is 0 Å². The third-order valence-electron chi connectivity index (χ3n) is 3.38. The van der Waals surface area contributed by atoms with Crippen LogP contribution in [0.15, 0.2) is 18.3 Å². The maximum absolute atomic E-state index is 5.73. The van der Waals surface area contributed by atoms with Crippen LogP contribution in [0.5, 0.6) is 5.75 Å². The third kappa shape index (κ3) is 3.70. The molecule has 0 atom stereocenters. The fourth-order valence-corrected chi connectivity index (χ4v) is 2.21. The first-order valence-electron chi connectivity index (χ1n) is 6.87. The highest BCUT2D eigenvalue weighted by atomic mass is 16.5. The van der Waals surface area contributed by atoms with E-state index in [1.165, 1.54) is 25.9 Å². The van der Waals surface area contributed by atoms with Crippen LogP contribution in [0, 0.1) is 0 Å². The molecule has 1 fully saturated rings. The summed E-state index contributed by atoms with van der Waals surface area (Å²) in [6.07, 6.45) is 4.51. The lowest BCUT2D eigenvalue weighted by Crippen LogP contribution is -2.25. The molecular formula is C15H24N2O. The quantitative estimate of drug-likeness (QED) is 0.819. The topological polar surface area (TPSA) is 25.4 Å². The molecular weight excluding hydrogens is 224 g/mol. The lowest BCUT2D eigenvalue weighted by Gasteiger charge is -2.18. The Kier molecular flexibility index (Phi) is 4.23. The Balaban J connectivity index is 1.79. The molecule has 1 saturated heterocycles. The Morgan fingerprint density at radius 3 is 2.50 bits per heavy atom. The van der Waals surface area contributed by atoms with Crippen LogP contribution in [-0.4, -0.2) is 36.1 Å². The Bertz CT molecular complexity index is 361. The highest BCUT2D eigenvalue weighted by Crippen LogP contribution is 2.21. The lowest BCUT2D eigenvalue weighted by atomic mass is 9.92. The van der Waals surface area contributed by atoms with Crippen molar-refractivity contribution in [1.82, 2.24) is 9.88 Å². The van der Waals surface area contributed by atoms with Crippen molar-refractivity contribution in [2.45, 2.75) is 39.0 Å². The van der Waals surface area contributed by atoms with Crippen LogP contribution >= 0.6 is 0 Å². The molecule has 3 heteroatoms. The summed E-state index contributed by atoms with van der Waals surface area (Å²) in [5.74, 6) is 0.877. The molecule has 1 aliphatic rings. The van der Waals surface area contributed by atoms with Crippen LogP contribution < -0.4 is 4.74 Å². The summed E-state index contributed by atoms with van der Waals surface area (Å²) in [5.41, 5.74) is 1.21. The first-order chi connectivity index (χ1) is 8.55. The van der Waals surface area contributed by atoms with E-state index in [-0.39, 0.29) is 5.41 Å². The van der Waals surface area contributed by atoms with Gasteiger partial charge in [-0.25, -0.2) is 0 Å². The van der Waals surface area contributed by atoms with Gasteiger partial charge in [0.25, 0.3) is 0 Å². The standard InChI is InChI=1S/C15H24N2O/c1-15(2,3)14-7-6-13(12-16-14)18-11-10-17-8-4-5-9-17/h6-7,12H,4-5,8-11H2,1-3H3. The van der Waals surface area contributed by atoms with Crippen molar-refractivity contribution < 1.29 is 4.74 Å². The molecule has 0 saturated carbocycles. The molecule has 0 spiro atoms. The largest absolute Gasteiger partial charge is 0.491 e. The van der Waals surface area contributed by atoms with Crippen molar-refractivity contribution in [3.8, 4) is 5.75 Å². The number of ether oxygens (including phenoxy) is 1. The first-order valence-corrected chi connectivity index (χ1v) is 6.87. The summed E-state index contributed by atoms with van der Waals surface area (Å²) in [4.78, 5) is 6.92. The molecule has 100 valence electrons. The van der Waals surface area contributed by atoms with Crippen molar-refractivity contribution in [2.75, 3.05) is 26.2 Å². The van der Waals surface area contributed by atoms with E-state index in [4.69, 9.17) is 4.74 Å². The van der Waals surface area contributed by atoms with Gasteiger partial charge in [-0.05, 0) is 38.1 Å². The van der Waals surface area contributed by atoms with Crippen molar-refractivity contribution in [3.63, 3.8) is 0 Å². The SMILES string of the molecule is CC(C)(C)c1ccc(OCCN2CCCC2)cn1. The molecule has 0 radical (unpaired) electrons. The van der Waals surface area contributed by atoms with Crippen molar-refractivity contribution >= 4 is 0 Å². The molecule has 0 aliphatic carbocycles. The second kappa shape index (κ2) is 5.70. The maximum Gasteiger partial charge on any atom is 0.137 e. The van der Waals surface area contributed by atoms with E-state index in [0.717, 1.165) is 24.6 Å². The fourth-order valence-electron chi connectivity index (χ4n) is 2.21. The van der Waals surface area contributed by atoms with Gasteiger partial charge in [-0.3, -0.25) is 9.88 Å². The summed E-state index contributed by atoms with van der Waals surface area (Å²) < 4.78 is 5.73. The van der Waals surface area contributed by atoms with Crippen molar-refractivity contribution in [1.29, 1.82) is 0 Å². The van der Waals surface area contributed by atoms with E-state index >= 15 is 0 Å². The van der Waals surface area contributed by atoms with Gasteiger partial charge < -0.3 is 4.74 Å². The molecule has 2 heterocycles. The molecule has 1 aromatic heterocycles. The zero-order valence-corrected chi connectivity index (χ0v) is 11.8. The van der Waals surface area contributed by atoms with E-state index in [9.17, 15) is 0 Å². The summed E-state index contributed by atoms with van der Waals surface area (Å²) in [6, 6.07) is 4.09. The Morgan fingerprint density at radius 1 is 1.22 bits per heavy atom. The van der Waals surface area contributed by atoms with E-state index in [2.05, 4.69) is 36.7 Å². The van der Waals surface area contributed by atoms with Gasteiger partial charge in [0, 0.05) is 17.7 Å². The number of rotatable bonds is 4. The second-order valence-electron chi connectivity index (χ2n) is 6.03. The smallest absolute Gasteiger partial charge is 0.137 e. The zero-order chi connectivity index (χ0) is 13.0. The van der Waals surface area contributed by atoms with Crippen LogP contribution in [0.2, 0.25) is 0 Å². The molecule has 0 unspecified atom stereocenters. The van der Waals surface area contributed by atoms with E-state index in [0.29, 0.717) is 0 Å². The van der Waals surface area contributed by atoms with E-state index in [1.54, 1.807) is 0 Å². The van der Waals surface area contributed by atoms with E-state index in [1.807, 2.05) is 12.3 Å². The summed E-state index contributed by atoms with van der Waals surface area (Å²) in [6.45, 7) is 10.8. The molecule has 1 aliphatic heterocycles. The summed E-state index contributed by atoms with van der Waals surface area (Å²) in [5, 5.41) is 0. The summed E-state index contributed by atoms with van der Waals surface area (Å²) >= 11 is 0. The number of nitrogens with zero attached hydrogens (tertiary/aromatic N) is 2. The third-order valence-corrected chi connectivity index (χ3v) is 3.38. The van der Waals surface area contributed by atoms with E-state index < -0.39 is 0 Å². The average molecular weight is 248 g/mol. The monoisotopic (exact) mass is 248 g/mol. The fraction of sp³-hybridized carbons (Fsp3) is 0.667. The van der Waals surface area contributed by atoms with Gasteiger partial charge in [0.15, 0.2) is 0 Å². The predicted octanol–water partition coefficient (Wildman–Crippen LogP) is 2.85. The van der Waals surface area contributed by atoms with Crippen LogP contribution in [0.3, 0.4) is 0 Å². The van der Waals surface area contributed by atoms with Gasteiger partial charge in [-0.1, -0.05) is 20.8 Å². The average Bonchev–Trinajstić information content (AvgIpc) is 2.82. The molecule has 3 nitrogen and oxygen atoms in total. The minimum absolute atomic E-state index is 0.105. The molecule has 0 N–H and O–H groups in total.